The number of rotatable bonds is 1. The molecule has 0 fully saturated rings. The number of aryl methyl sites for hydroxylation is 2. The molecule has 0 aromatic carbocycles. The van der Waals surface area contributed by atoms with E-state index in [4.69, 9.17) is 0 Å². The van der Waals surface area contributed by atoms with E-state index in [0.29, 0.717) is 5.56 Å². The summed E-state index contributed by atoms with van der Waals surface area (Å²) in [5, 5.41) is 4.08. The van der Waals surface area contributed by atoms with Crippen LogP contribution in [0.4, 0.5) is 0 Å². The van der Waals surface area contributed by atoms with E-state index in [9.17, 15) is 4.79 Å². The Morgan fingerprint density at radius 1 is 1.38 bits per heavy atom. The third-order valence-corrected chi connectivity index (χ3v) is 1.64. The van der Waals surface area contributed by atoms with Crippen molar-refractivity contribution < 1.29 is 32.7 Å². The molecule has 0 saturated heterocycles. The first kappa shape index (κ1) is 13.0. The average molecular weight is 254 g/mol. The molecule has 1 aromatic rings. The van der Waals surface area contributed by atoms with Crippen molar-refractivity contribution >= 4 is 0 Å². The zero-order valence-electron chi connectivity index (χ0n) is 8.46. The van der Waals surface area contributed by atoms with Gasteiger partial charge >= 0.3 is 0 Å². The van der Waals surface area contributed by atoms with E-state index >= 15 is 0 Å². The molecule has 4 heteroatoms. The standard InChI is InChI=1S/C9H13N2O.Y/c1-6(2)11-9(12)7(3)5-8(4)10-11;/h6H,1-4H3;/q-1;. The monoisotopic (exact) mass is 254 g/mol. The zero-order chi connectivity index (χ0) is 9.30. The van der Waals surface area contributed by atoms with Gasteiger partial charge in [-0.2, -0.15) is 5.56 Å². The molecule has 0 aliphatic rings. The minimum absolute atomic E-state index is 0. The summed E-state index contributed by atoms with van der Waals surface area (Å²) >= 11 is 0. The summed E-state index contributed by atoms with van der Waals surface area (Å²) in [6.45, 7) is 7.47. The Labute approximate surface area is 103 Å². The number of hydrogen-bond acceptors (Lipinski definition) is 2. The molecule has 3 nitrogen and oxygen atoms in total. The van der Waals surface area contributed by atoms with Crippen LogP contribution in [0.1, 0.15) is 31.1 Å². The molecule has 1 rings (SSSR count). The minimum atomic E-state index is -0.0457. The first-order valence-corrected chi connectivity index (χ1v) is 4.01. The van der Waals surface area contributed by atoms with Crippen molar-refractivity contribution in [1.29, 1.82) is 0 Å². The van der Waals surface area contributed by atoms with Gasteiger partial charge in [0.05, 0.1) is 0 Å². The SMILES string of the molecule is Cc1[c-]c(C)c(=O)n(C(C)C)n1.[Y]. The second kappa shape index (κ2) is 5.01. The maximum atomic E-state index is 11.4. The second-order valence-corrected chi connectivity index (χ2v) is 3.18. The van der Waals surface area contributed by atoms with Gasteiger partial charge in [-0.15, -0.1) is 0 Å². The topological polar surface area (TPSA) is 34.9 Å². The molecular weight excluding hydrogens is 241 g/mol. The summed E-state index contributed by atoms with van der Waals surface area (Å²) in [6, 6.07) is 3.00. The van der Waals surface area contributed by atoms with Crippen LogP contribution in [0.5, 0.6) is 0 Å². The molecular formula is C9H13N2OY-. The summed E-state index contributed by atoms with van der Waals surface area (Å²) in [6.07, 6.45) is 0. The van der Waals surface area contributed by atoms with Gasteiger partial charge in [0.25, 0.3) is 0 Å². The molecule has 0 unspecified atom stereocenters. The van der Waals surface area contributed by atoms with Gasteiger partial charge in [-0.05, 0) is 26.5 Å². The van der Waals surface area contributed by atoms with Gasteiger partial charge in [-0.1, -0.05) is 6.92 Å². The van der Waals surface area contributed by atoms with E-state index in [1.807, 2.05) is 20.8 Å². The van der Waals surface area contributed by atoms with E-state index in [0.717, 1.165) is 5.69 Å². The Morgan fingerprint density at radius 2 is 1.92 bits per heavy atom. The van der Waals surface area contributed by atoms with Crippen LogP contribution in [0.2, 0.25) is 0 Å². The largest absolute Gasteiger partial charge is 0.381 e. The summed E-state index contributed by atoms with van der Waals surface area (Å²) in [5.74, 6) is 0. The van der Waals surface area contributed by atoms with Crippen molar-refractivity contribution in [3.8, 4) is 0 Å². The van der Waals surface area contributed by atoms with Crippen LogP contribution in [-0.4, -0.2) is 9.78 Å². The van der Waals surface area contributed by atoms with E-state index in [-0.39, 0.29) is 44.3 Å². The smallest absolute Gasteiger partial charge is 0.111 e. The van der Waals surface area contributed by atoms with Crippen molar-refractivity contribution in [3.63, 3.8) is 0 Å². The summed E-state index contributed by atoms with van der Waals surface area (Å²) < 4.78 is 1.49. The van der Waals surface area contributed by atoms with Crippen molar-refractivity contribution in [3.05, 3.63) is 27.7 Å². The van der Waals surface area contributed by atoms with Crippen molar-refractivity contribution in [2.45, 2.75) is 33.7 Å². The fraction of sp³-hybridized carbons (Fsp3) is 0.556. The summed E-state index contributed by atoms with van der Waals surface area (Å²) in [4.78, 5) is 11.4. The van der Waals surface area contributed by atoms with E-state index < -0.39 is 0 Å². The minimum Gasteiger partial charge on any atom is -0.381 e. The first-order chi connectivity index (χ1) is 5.52. The molecule has 0 amide bonds. The van der Waals surface area contributed by atoms with Crippen molar-refractivity contribution in [2.75, 3.05) is 0 Å². The van der Waals surface area contributed by atoms with Crippen molar-refractivity contribution in [2.24, 2.45) is 0 Å². The Bertz CT molecular complexity index is 344. The maximum Gasteiger partial charge on any atom is 0.111 e. The molecule has 0 N–H and O–H groups in total. The average Bonchev–Trinajstić information content (AvgIpc) is 1.96. The van der Waals surface area contributed by atoms with Crippen LogP contribution >= 0.6 is 0 Å². The van der Waals surface area contributed by atoms with E-state index in [1.165, 1.54) is 4.68 Å². The zero-order valence-corrected chi connectivity index (χ0v) is 11.3. The van der Waals surface area contributed by atoms with Gasteiger partial charge in [0.2, 0.25) is 0 Å². The molecule has 0 aliphatic carbocycles. The molecule has 0 bridgehead atoms. The molecule has 1 radical (unpaired) electrons. The van der Waals surface area contributed by atoms with Crippen LogP contribution in [0, 0.1) is 19.9 Å². The third-order valence-electron chi connectivity index (χ3n) is 1.64. The molecule has 0 atom stereocenters. The molecule has 69 valence electrons. The number of hydrogen-bond donors (Lipinski definition) is 0. The summed E-state index contributed by atoms with van der Waals surface area (Å²) in [5.41, 5.74) is 1.35. The van der Waals surface area contributed by atoms with Crippen LogP contribution in [-0.2, 0) is 32.7 Å². The normalized spacial score (nSPS) is 9.92. The molecule has 0 saturated carbocycles. The molecule has 1 heterocycles. The number of nitrogens with zero attached hydrogens (tertiary/aromatic N) is 2. The Balaban J connectivity index is 0.00000144. The Kier molecular flexibility index (Phi) is 5.01. The fourth-order valence-corrected chi connectivity index (χ4v) is 1.08. The molecule has 0 spiro atoms. The van der Waals surface area contributed by atoms with E-state index in [1.54, 1.807) is 6.92 Å². The van der Waals surface area contributed by atoms with Crippen LogP contribution < -0.4 is 5.56 Å². The van der Waals surface area contributed by atoms with Crippen molar-refractivity contribution in [1.82, 2.24) is 9.78 Å². The van der Waals surface area contributed by atoms with Gasteiger partial charge in [-0.3, -0.25) is 0 Å². The fourth-order valence-electron chi connectivity index (χ4n) is 1.08. The van der Waals surface area contributed by atoms with Crippen LogP contribution in [0.15, 0.2) is 4.79 Å². The molecule has 13 heavy (non-hydrogen) atoms. The maximum absolute atomic E-state index is 11.4. The summed E-state index contributed by atoms with van der Waals surface area (Å²) in [7, 11) is 0. The van der Waals surface area contributed by atoms with Gasteiger partial charge < -0.3 is 9.48 Å². The third kappa shape index (κ3) is 2.99. The van der Waals surface area contributed by atoms with Crippen LogP contribution in [0.3, 0.4) is 0 Å². The second-order valence-electron chi connectivity index (χ2n) is 3.18. The quantitative estimate of drug-likeness (QED) is 0.707. The van der Waals surface area contributed by atoms with Gasteiger partial charge in [-0.25, -0.2) is 11.2 Å². The van der Waals surface area contributed by atoms with Crippen LogP contribution in [0.25, 0.3) is 0 Å². The molecule has 0 aliphatic heterocycles. The Morgan fingerprint density at radius 3 is 2.38 bits per heavy atom. The van der Waals surface area contributed by atoms with E-state index in [2.05, 4.69) is 11.2 Å². The first-order valence-electron chi connectivity index (χ1n) is 4.01. The van der Waals surface area contributed by atoms with Gasteiger partial charge in [0.15, 0.2) is 0 Å². The predicted molar refractivity (Wildman–Crippen MR) is 47.2 cm³/mol. The molecule has 1 aromatic heterocycles. The van der Waals surface area contributed by atoms with Gasteiger partial charge in [0.1, 0.15) is 5.56 Å². The number of aromatic nitrogens is 2. The van der Waals surface area contributed by atoms with Gasteiger partial charge in [0, 0.05) is 38.8 Å². The predicted octanol–water partition coefficient (Wildman–Crippen LogP) is 1.24. The Hall–Kier alpha value is -0.0161.